The van der Waals surface area contributed by atoms with Gasteiger partial charge in [-0.1, -0.05) is 62.9 Å². The molecule has 2 nitrogen and oxygen atoms in total. The van der Waals surface area contributed by atoms with E-state index >= 15 is 0 Å². The van der Waals surface area contributed by atoms with Crippen LogP contribution in [0.3, 0.4) is 0 Å². The Balaban J connectivity index is 0.000000489. The predicted octanol–water partition coefficient (Wildman–Crippen LogP) is 5.75. The molecule has 0 unspecified atom stereocenters. The maximum Gasteiger partial charge on any atom is 0.152 e. The zero-order chi connectivity index (χ0) is 16.1. The van der Waals surface area contributed by atoms with E-state index in [4.69, 9.17) is 0 Å². The van der Waals surface area contributed by atoms with Crippen molar-refractivity contribution in [3.63, 3.8) is 0 Å². The minimum absolute atomic E-state index is 0.781. The molecular formula is C19H26N2. The van der Waals surface area contributed by atoms with Crippen molar-refractivity contribution in [2.24, 2.45) is 0 Å². The minimum atomic E-state index is 0.781. The smallest absolute Gasteiger partial charge is 0.152 e. The van der Waals surface area contributed by atoms with Crippen molar-refractivity contribution in [3.8, 4) is 0 Å². The molecule has 0 atom stereocenters. The molecular weight excluding hydrogens is 256 g/mol. The number of fused-ring (bicyclic) bond motifs is 1. The van der Waals surface area contributed by atoms with E-state index in [9.17, 15) is 0 Å². The van der Waals surface area contributed by atoms with Gasteiger partial charge in [-0.25, -0.2) is 9.97 Å². The van der Waals surface area contributed by atoms with Gasteiger partial charge in [0.25, 0.3) is 0 Å². The number of nitrogens with zero attached hydrogens (tertiary/aromatic N) is 2. The first-order chi connectivity index (χ1) is 10.2. The van der Waals surface area contributed by atoms with Gasteiger partial charge in [-0.15, -0.1) is 0 Å². The van der Waals surface area contributed by atoms with Crippen LogP contribution in [0.4, 0.5) is 0 Å². The third-order valence-corrected chi connectivity index (χ3v) is 2.46. The van der Waals surface area contributed by atoms with E-state index in [1.807, 2.05) is 83.2 Å². The summed E-state index contributed by atoms with van der Waals surface area (Å²) in [5.41, 5.74) is 2.04. The lowest BCUT2D eigenvalue weighted by Gasteiger charge is -2.01. The summed E-state index contributed by atoms with van der Waals surface area (Å²) in [5, 5.41) is 1.13. The van der Waals surface area contributed by atoms with Crippen LogP contribution in [0, 0.1) is 6.92 Å². The van der Waals surface area contributed by atoms with Crippen molar-refractivity contribution in [3.05, 3.63) is 66.7 Å². The fourth-order valence-corrected chi connectivity index (χ4v) is 1.62. The number of aryl methyl sites for hydroxylation is 1. The largest absolute Gasteiger partial charge is 0.233 e. The Morgan fingerprint density at radius 1 is 1.00 bits per heavy atom. The molecule has 0 N–H and O–H groups in total. The molecule has 0 aliphatic carbocycles. The van der Waals surface area contributed by atoms with Crippen LogP contribution in [0.2, 0.25) is 0 Å². The summed E-state index contributed by atoms with van der Waals surface area (Å²) in [6, 6.07) is 8.06. The molecule has 0 aliphatic rings. The average molecular weight is 282 g/mol. The second kappa shape index (κ2) is 11.6. The molecule has 0 amide bonds. The quantitative estimate of drug-likeness (QED) is 0.656. The Kier molecular flexibility index (Phi) is 10.4. The van der Waals surface area contributed by atoms with E-state index < -0.39 is 0 Å². The Morgan fingerprint density at radius 3 is 2.19 bits per heavy atom. The topological polar surface area (TPSA) is 25.8 Å². The lowest BCUT2D eigenvalue weighted by molar-refractivity contribution is 1.12. The first kappa shape index (κ1) is 18.8. The molecule has 0 spiro atoms. The van der Waals surface area contributed by atoms with E-state index in [0.717, 1.165) is 22.4 Å². The number of aromatic nitrogens is 2. The van der Waals surface area contributed by atoms with Crippen LogP contribution in [0.25, 0.3) is 17.0 Å². The van der Waals surface area contributed by atoms with Gasteiger partial charge in [0.05, 0.1) is 5.52 Å². The highest BCUT2D eigenvalue weighted by Crippen LogP contribution is 2.14. The summed E-state index contributed by atoms with van der Waals surface area (Å²) in [6.45, 7) is 13.4. The highest BCUT2D eigenvalue weighted by Gasteiger charge is 2.00. The number of benzene rings is 1. The molecule has 0 radical (unpaired) electrons. The first-order valence-corrected chi connectivity index (χ1v) is 7.32. The molecule has 0 saturated carbocycles. The summed E-state index contributed by atoms with van der Waals surface area (Å²) < 4.78 is 0. The molecule has 0 fully saturated rings. The molecule has 0 saturated heterocycles. The predicted molar refractivity (Wildman–Crippen MR) is 95.3 cm³/mol. The lowest BCUT2D eigenvalue weighted by atomic mass is 10.2. The average Bonchev–Trinajstić information content (AvgIpc) is 2.51. The summed E-state index contributed by atoms with van der Waals surface area (Å²) >= 11 is 0. The number of hydrogen-bond donors (Lipinski definition) is 0. The highest BCUT2D eigenvalue weighted by molar-refractivity contribution is 5.81. The summed E-state index contributed by atoms with van der Waals surface area (Å²) in [5.74, 6) is 0.781. The normalized spacial score (nSPS) is 9.95. The second-order valence-corrected chi connectivity index (χ2v) is 3.95. The van der Waals surface area contributed by atoms with Gasteiger partial charge in [-0.3, -0.25) is 0 Å². The number of para-hydroxylation sites is 1. The summed E-state index contributed by atoms with van der Waals surface area (Å²) in [4.78, 5) is 8.82. The standard InChI is InChI=1S/C12H12N2.C5H8.C2H6/c1-3-6-12-13-9(2)10-7-4-5-8-11(10)14-12;1-3-5-4-2;1-2/h3-8H,1-2H3;3-5H,1H2,2H3;1-2H3/b6-3+;5-4-;. The van der Waals surface area contributed by atoms with E-state index in [0.29, 0.717) is 0 Å². The van der Waals surface area contributed by atoms with Crippen LogP contribution >= 0.6 is 0 Å². The summed E-state index contributed by atoms with van der Waals surface area (Å²) in [6.07, 6.45) is 9.44. The van der Waals surface area contributed by atoms with Gasteiger partial charge in [-0.05, 0) is 32.9 Å². The molecule has 112 valence electrons. The van der Waals surface area contributed by atoms with E-state index in [-0.39, 0.29) is 0 Å². The van der Waals surface area contributed by atoms with Gasteiger partial charge >= 0.3 is 0 Å². The van der Waals surface area contributed by atoms with Crippen LogP contribution in [-0.2, 0) is 0 Å². The third kappa shape index (κ3) is 6.66. The fourth-order valence-electron chi connectivity index (χ4n) is 1.62. The molecule has 1 aromatic carbocycles. The Bertz CT molecular complexity index is 596. The third-order valence-electron chi connectivity index (χ3n) is 2.46. The van der Waals surface area contributed by atoms with Crippen molar-refractivity contribution in [1.82, 2.24) is 9.97 Å². The Hall–Kier alpha value is -2.22. The Morgan fingerprint density at radius 2 is 1.67 bits per heavy atom. The van der Waals surface area contributed by atoms with Crippen molar-refractivity contribution in [2.45, 2.75) is 34.6 Å². The zero-order valence-electron chi connectivity index (χ0n) is 13.8. The highest BCUT2D eigenvalue weighted by atomic mass is 14.9. The second-order valence-electron chi connectivity index (χ2n) is 3.95. The number of rotatable bonds is 2. The van der Waals surface area contributed by atoms with Crippen molar-refractivity contribution < 1.29 is 0 Å². The molecule has 1 heterocycles. The molecule has 2 rings (SSSR count). The SMILES string of the molecule is C/C=C/c1nc(C)c2ccccc2n1.C=C/C=C\C.CC. The first-order valence-electron chi connectivity index (χ1n) is 7.32. The van der Waals surface area contributed by atoms with Gasteiger partial charge in [0.15, 0.2) is 5.82 Å². The summed E-state index contributed by atoms with van der Waals surface area (Å²) in [7, 11) is 0. The maximum absolute atomic E-state index is 4.43. The van der Waals surface area contributed by atoms with E-state index in [2.05, 4.69) is 16.5 Å². The monoisotopic (exact) mass is 282 g/mol. The van der Waals surface area contributed by atoms with Gasteiger partial charge in [0, 0.05) is 11.1 Å². The lowest BCUT2D eigenvalue weighted by Crippen LogP contribution is -1.92. The van der Waals surface area contributed by atoms with Crippen LogP contribution < -0.4 is 0 Å². The molecule has 0 bridgehead atoms. The van der Waals surface area contributed by atoms with Crippen LogP contribution in [-0.4, -0.2) is 9.97 Å². The molecule has 1 aromatic heterocycles. The van der Waals surface area contributed by atoms with Crippen molar-refractivity contribution in [2.75, 3.05) is 0 Å². The van der Waals surface area contributed by atoms with Gasteiger partial charge < -0.3 is 0 Å². The molecule has 2 heteroatoms. The molecule has 2 aromatic rings. The van der Waals surface area contributed by atoms with Crippen LogP contribution in [0.15, 0.2) is 55.1 Å². The number of hydrogen-bond acceptors (Lipinski definition) is 2. The maximum atomic E-state index is 4.43. The fraction of sp³-hybridized carbons (Fsp3) is 0.263. The van der Waals surface area contributed by atoms with Crippen molar-refractivity contribution in [1.29, 1.82) is 0 Å². The molecule has 0 aliphatic heterocycles. The zero-order valence-corrected chi connectivity index (χ0v) is 13.8. The number of allylic oxidation sites excluding steroid dienone is 4. The van der Waals surface area contributed by atoms with Crippen LogP contribution in [0.1, 0.15) is 39.2 Å². The van der Waals surface area contributed by atoms with Gasteiger partial charge in [0.1, 0.15) is 0 Å². The minimum Gasteiger partial charge on any atom is -0.233 e. The molecule has 21 heavy (non-hydrogen) atoms. The van der Waals surface area contributed by atoms with Crippen LogP contribution in [0.5, 0.6) is 0 Å². The van der Waals surface area contributed by atoms with Gasteiger partial charge in [0.2, 0.25) is 0 Å². The van der Waals surface area contributed by atoms with E-state index in [1.165, 1.54) is 0 Å². The van der Waals surface area contributed by atoms with E-state index in [1.54, 1.807) is 6.08 Å². The Labute approximate surface area is 129 Å². The van der Waals surface area contributed by atoms with Gasteiger partial charge in [-0.2, -0.15) is 0 Å². The van der Waals surface area contributed by atoms with Crippen molar-refractivity contribution >= 4 is 17.0 Å².